The molecule has 0 aromatic carbocycles. The first-order valence-corrected chi connectivity index (χ1v) is 5.80. The van der Waals surface area contributed by atoms with Gasteiger partial charge in [0.2, 0.25) is 5.91 Å². The molecule has 0 heterocycles. The van der Waals surface area contributed by atoms with E-state index in [1.807, 2.05) is 13.8 Å². The van der Waals surface area contributed by atoms with Crippen molar-refractivity contribution < 1.29 is 9.90 Å². The second-order valence-corrected chi connectivity index (χ2v) is 4.39. The van der Waals surface area contributed by atoms with Gasteiger partial charge in [-0.3, -0.25) is 4.79 Å². The minimum Gasteiger partial charge on any atom is -0.396 e. The van der Waals surface area contributed by atoms with Gasteiger partial charge in [0.1, 0.15) is 0 Å². The first-order chi connectivity index (χ1) is 6.16. The van der Waals surface area contributed by atoms with Crippen LogP contribution in [0, 0.1) is 0 Å². The Morgan fingerprint density at radius 2 is 2.15 bits per heavy atom. The van der Waals surface area contributed by atoms with Gasteiger partial charge >= 0.3 is 0 Å². The number of nitrogens with one attached hydrogen (secondary N) is 1. The zero-order valence-corrected chi connectivity index (χ0v) is 9.19. The molecule has 0 bridgehead atoms. The molecule has 0 aliphatic heterocycles. The first-order valence-electron chi connectivity index (χ1n) is 4.64. The van der Waals surface area contributed by atoms with E-state index in [1.165, 1.54) is 0 Å². The van der Waals surface area contributed by atoms with Crippen LogP contribution in [-0.4, -0.2) is 35.2 Å². The van der Waals surface area contributed by atoms with Gasteiger partial charge in [-0.15, -0.1) is 0 Å². The highest BCUT2D eigenvalue weighted by atomic mass is 32.2. The lowest BCUT2D eigenvalue weighted by Gasteiger charge is -2.07. The van der Waals surface area contributed by atoms with Crippen molar-refractivity contribution in [2.45, 2.75) is 32.7 Å². The van der Waals surface area contributed by atoms with Crippen molar-refractivity contribution in [3.8, 4) is 0 Å². The Bertz CT molecular complexity index is 140. The van der Waals surface area contributed by atoms with E-state index < -0.39 is 0 Å². The summed E-state index contributed by atoms with van der Waals surface area (Å²) in [4.78, 5) is 11.1. The predicted octanol–water partition coefficient (Wildman–Crippen LogP) is 1.02. The van der Waals surface area contributed by atoms with Crippen LogP contribution in [0.4, 0.5) is 0 Å². The van der Waals surface area contributed by atoms with Crippen molar-refractivity contribution in [2.75, 3.05) is 18.1 Å². The molecule has 0 unspecified atom stereocenters. The van der Waals surface area contributed by atoms with Gasteiger partial charge in [0.25, 0.3) is 0 Å². The summed E-state index contributed by atoms with van der Waals surface area (Å²) in [6.07, 6.45) is 1.39. The number of aliphatic hydroxyl groups excluding tert-OH is 1. The number of carbonyl (C=O) groups is 1. The number of carbonyl (C=O) groups excluding carboxylic acids is 1. The van der Waals surface area contributed by atoms with Gasteiger partial charge in [-0.2, -0.15) is 11.8 Å². The molecule has 0 atom stereocenters. The summed E-state index contributed by atoms with van der Waals surface area (Å²) in [5.74, 6) is 1.90. The fraction of sp³-hybridized carbons (Fsp3) is 0.889. The standard InChI is InChI=1S/C9H19NO2S/c1-8(2)10-9(12)4-7-13-6-3-5-11/h8,11H,3-7H2,1-2H3,(H,10,12). The summed E-state index contributed by atoms with van der Waals surface area (Å²) < 4.78 is 0. The first kappa shape index (κ1) is 12.8. The largest absolute Gasteiger partial charge is 0.396 e. The molecule has 0 aromatic rings. The Labute approximate surface area is 84.3 Å². The molecule has 0 saturated carbocycles. The third kappa shape index (κ3) is 9.70. The number of aliphatic hydroxyl groups is 1. The van der Waals surface area contributed by atoms with Gasteiger partial charge in [-0.1, -0.05) is 0 Å². The van der Waals surface area contributed by atoms with Crippen molar-refractivity contribution in [1.29, 1.82) is 0 Å². The van der Waals surface area contributed by atoms with Crippen LogP contribution in [0.1, 0.15) is 26.7 Å². The van der Waals surface area contributed by atoms with Crippen LogP contribution in [0.3, 0.4) is 0 Å². The van der Waals surface area contributed by atoms with E-state index >= 15 is 0 Å². The maximum absolute atomic E-state index is 11.1. The topological polar surface area (TPSA) is 49.3 Å². The van der Waals surface area contributed by atoms with Crippen LogP contribution in [0.5, 0.6) is 0 Å². The third-order valence-electron chi connectivity index (χ3n) is 1.37. The lowest BCUT2D eigenvalue weighted by molar-refractivity contribution is -0.121. The van der Waals surface area contributed by atoms with Crippen molar-refractivity contribution in [1.82, 2.24) is 5.32 Å². The number of hydrogen-bond donors (Lipinski definition) is 2. The van der Waals surface area contributed by atoms with Crippen LogP contribution < -0.4 is 5.32 Å². The maximum atomic E-state index is 11.1. The van der Waals surface area contributed by atoms with Crippen molar-refractivity contribution >= 4 is 17.7 Å². The highest BCUT2D eigenvalue weighted by molar-refractivity contribution is 7.99. The highest BCUT2D eigenvalue weighted by Gasteiger charge is 2.01. The molecule has 1 amide bonds. The lowest BCUT2D eigenvalue weighted by Crippen LogP contribution is -2.30. The highest BCUT2D eigenvalue weighted by Crippen LogP contribution is 2.03. The summed E-state index contributed by atoms with van der Waals surface area (Å²) >= 11 is 1.71. The summed E-state index contributed by atoms with van der Waals surface area (Å²) in [6.45, 7) is 4.15. The normalized spacial score (nSPS) is 10.5. The molecule has 0 saturated heterocycles. The molecule has 0 radical (unpaired) electrons. The molecule has 3 nitrogen and oxygen atoms in total. The summed E-state index contributed by atoms with van der Waals surface area (Å²) in [5.41, 5.74) is 0. The average Bonchev–Trinajstić information content (AvgIpc) is 2.02. The van der Waals surface area contributed by atoms with E-state index in [-0.39, 0.29) is 18.6 Å². The smallest absolute Gasteiger partial charge is 0.221 e. The SMILES string of the molecule is CC(C)NC(=O)CCSCCCO. The van der Waals surface area contributed by atoms with E-state index in [9.17, 15) is 4.79 Å². The van der Waals surface area contributed by atoms with Crippen LogP contribution in [-0.2, 0) is 4.79 Å². The third-order valence-corrected chi connectivity index (χ3v) is 2.44. The zero-order valence-electron chi connectivity index (χ0n) is 8.38. The van der Waals surface area contributed by atoms with Crippen LogP contribution in [0.2, 0.25) is 0 Å². The van der Waals surface area contributed by atoms with Gasteiger partial charge in [0.05, 0.1) is 0 Å². The van der Waals surface area contributed by atoms with Crippen LogP contribution in [0.15, 0.2) is 0 Å². The second-order valence-electron chi connectivity index (χ2n) is 3.16. The zero-order chi connectivity index (χ0) is 10.1. The molecule has 0 fully saturated rings. The van der Waals surface area contributed by atoms with Crippen molar-refractivity contribution in [2.24, 2.45) is 0 Å². The summed E-state index contributed by atoms with van der Waals surface area (Å²) in [5, 5.41) is 11.3. The number of amides is 1. The van der Waals surface area contributed by atoms with E-state index in [0.29, 0.717) is 6.42 Å². The van der Waals surface area contributed by atoms with E-state index in [2.05, 4.69) is 5.32 Å². The summed E-state index contributed by atoms with van der Waals surface area (Å²) in [7, 11) is 0. The second kappa shape index (κ2) is 8.38. The van der Waals surface area contributed by atoms with Gasteiger partial charge < -0.3 is 10.4 Å². The molecule has 2 N–H and O–H groups in total. The molecular formula is C9H19NO2S. The van der Waals surface area contributed by atoms with Gasteiger partial charge in [-0.25, -0.2) is 0 Å². The Kier molecular flexibility index (Phi) is 8.24. The van der Waals surface area contributed by atoms with Crippen LogP contribution >= 0.6 is 11.8 Å². The van der Waals surface area contributed by atoms with Crippen molar-refractivity contribution in [3.63, 3.8) is 0 Å². The number of hydrogen-bond acceptors (Lipinski definition) is 3. The minimum atomic E-state index is 0.117. The summed E-state index contributed by atoms with van der Waals surface area (Å²) in [6, 6.07) is 0.231. The molecule has 0 aliphatic rings. The van der Waals surface area contributed by atoms with Gasteiger partial charge in [-0.05, 0) is 26.0 Å². The molecule has 4 heteroatoms. The Morgan fingerprint density at radius 1 is 1.46 bits per heavy atom. The monoisotopic (exact) mass is 205 g/mol. The maximum Gasteiger partial charge on any atom is 0.221 e. The Morgan fingerprint density at radius 3 is 2.69 bits per heavy atom. The minimum absolute atomic E-state index is 0.117. The average molecular weight is 205 g/mol. The van der Waals surface area contributed by atoms with Gasteiger partial charge in [0.15, 0.2) is 0 Å². The Balaban J connectivity index is 3.17. The quantitative estimate of drug-likeness (QED) is 0.610. The molecule has 0 aliphatic carbocycles. The molecule has 78 valence electrons. The lowest BCUT2D eigenvalue weighted by atomic mass is 10.3. The number of thioether (sulfide) groups is 1. The molecule has 13 heavy (non-hydrogen) atoms. The van der Waals surface area contributed by atoms with E-state index in [4.69, 9.17) is 5.11 Å². The number of rotatable bonds is 7. The predicted molar refractivity (Wildman–Crippen MR) is 56.9 cm³/mol. The molecule has 0 rings (SSSR count). The van der Waals surface area contributed by atoms with E-state index in [1.54, 1.807) is 11.8 Å². The molecule has 0 spiro atoms. The fourth-order valence-electron chi connectivity index (χ4n) is 0.828. The van der Waals surface area contributed by atoms with Crippen LogP contribution in [0.25, 0.3) is 0 Å². The molecule has 0 aromatic heterocycles. The molecular weight excluding hydrogens is 186 g/mol. The van der Waals surface area contributed by atoms with Gasteiger partial charge in [0, 0.05) is 24.8 Å². The van der Waals surface area contributed by atoms with Crippen molar-refractivity contribution in [3.05, 3.63) is 0 Å². The van der Waals surface area contributed by atoms with E-state index in [0.717, 1.165) is 17.9 Å². The fourth-order valence-corrected chi connectivity index (χ4v) is 1.69. The Hall–Kier alpha value is -0.220.